The number of aliphatic carboxylic acids is 1. The average molecular weight is 295 g/mol. The van der Waals surface area contributed by atoms with E-state index in [-0.39, 0.29) is 5.92 Å². The van der Waals surface area contributed by atoms with Crippen molar-refractivity contribution in [1.29, 1.82) is 0 Å². The second-order valence-electron chi connectivity index (χ2n) is 5.36. The standard InChI is InChI=1S/C19H21NO2/c1-3-15(14-20-2)19(18(21)22,16-10-6-4-7-11-16)17-12-8-5-9-13-17/h4-13,15H,2-3,14H2,1H3,(H,21,22). The molecule has 0 fully saturated rings. The summed E-state index contributed by atoms with van der Waals surface area (Å²) in [6.07, 6.45) is 0.703. The van der Waals surface area contributed by atoms with E-state index in [1.54, 1.807) is 0 Å². The highest BCUT2D eigenvalue weighted by atomic mass is 16.4. The van der Waals surface area contributed by atoms with Crippen LogP contribution in [0.4, 0.5) is 0 Å². The number of hydrogen-bond acceptors (Lipinski definition) is 2. The van der Waals surface area contributed by atoms with Gasteiger partial charge in [-0.05, 0) is 24.3 Å². The average Bonchev–Trinajstić information content (AvgIpc) is 2.56. The van der Waals surface area contributed by atoms with Gasteiger partial charge in [0.05, 0.1) is 0 Å². The summed E-state index contributed by atoms with van der Waals surface area (Å²) in [4.78, 5) is 16.4. The molecule has 22 heavy (non-hydrogen) atoms. The molecule has 0 saturated carbocycles. The Balaban J connectivity index is 2.76. The molecule has 1 unspecified atom stereocenters. The van der Waals surface area contributed by atoms with E-state index in [1.165, 1.54) is 0 Å². The van der Waals surface area contributed by atoms with Gasteiger partial charge in [0.1, 0.15) is 5.41 Å². The minimum atomic E-state index is -1.11. The van der Waals surface area contributed by atoms with Gasteiger partial charge >= 0.3 is 5.97 Å². The molecule has 0 saturated heterocycles. The van der Waals surface area contributed by atoms with Gasteiger partial charge in [0.15, 0.2) is 0 Å². The van der Waals surface area contributed by atoms with Crippen molar-refractivity contribution < 1.29 is 9.90 Å². The van der Waals surface area contributed by atoms with Crippen LogP contribution in [0.3, 0.4) is 0 Å². The maximum absolute atomic E-state index is 12.4. The Labute approximate surface area is 131 Å². The molecule has 2 aromatic rings. The van der Waals surface area contributed by atoms with Crippen molar-refractivity contribution in [2.45, 2.75) is 18.8 Å². The minimum Gasteiger partial charge on any atom is -0.480 e. The predicted octanol–water partition coefficient (Wildman–Crippen LogP) is 3.78. The number of benzene rings is 2. The summed E-state index contributed by atoms with van der Waals surface area (Å²) in [6.45, 7) is 5.97. The molecule has 0 bridgehead atoms. The lowest BCUT2D eigenvalue weighted by atomic mass is 9.64. The third-order valence-corrected chi connectivity index (χ3v) is 4.25. The van der Waals surface area contributed by atoms with Crippen LogP contribution in [0, 0.1) is 5.92 Å². The van der Waals surface area contributed by atoms with E-state index in [4.69, 9.17) is 0 Å². The van der Waals surface area contributed by atoms with Gasteiger partial charge in [-0.25, -0.2) is 0 Å². The highest BCUT2D eigenvalue weighted by Gasteiger charge is 2.47. The van der Waals surface area contributed by atoms with E-state index >= 15 is 0 Å². The van der Waals surface area contributed by atoms with Crippen LogP contribution in [0.1, 0.15) is 24.5 Å². The maximum atomic E-state index is 12.4. The fraction of sp³-hybridized carbons (Fsp3) is 0.263. The smallest absolute Gasteiger partial charge is 0.319 e. The van der Waals surface area contributed by atoms with Crippen molar-refractivity contribution in [2.75, 3.05) is 6.54 Å². The Morgan fingerprint density at radius 3 is 1.86 bits per heavy atom. The van der Waals surface area contributed by atoms with Crippen LogP contribution in [0.5, 0.6) is 0 Å². The van der Waals surface area contributed by atoms with Gasteiger partial charge in [-0.1, -0.05) is 67.6 Å². The number of carboxylic acids is 1. The second kappa shape index (κ2) is 7.03. The molecule has 114 valence electrons. The largest absolute Gasteiger partial charge is 0.480 e. The van der Waals surface area contributed by atoms with E-state index in [9.17, 15) is 9.90 Å². The normalized spacial score (nSPS) is 12.6. The molecule has 0 aliphatic heterocycles. The van der Waals surface area contributed by atoms with E-state index in [0.29, 0.717) is 13.0 Å². The number of carboxylic acid groups (broad SMARTS) is 1. The van der Waals surface area contributed by atoms with Crippen molar-refractivity contribution in [1.82, 2.24) is 0 Å². The molecule has 0 heterocycles. The lowest BCUT2D eigenvalue weighted by Crippen LogP contribution is -2.45. The highest BCUT2D eigenvalue weighted by molar-refractivity contribution is 5.86. The Bertz CT molecular complexity index is 583. The third kappa shape index (κ3) is 2.67. The lowest BCUT2D eigenvalue weighted by molar-refractivity contribution is -0.144. The Morgan fingerprint density at radius 2 is 1.55 bits per heavy atom. The van der Waals surface area contributed by atoms with Crippen LogP contribution in [0.2, 0.25) is 0 Å². The summed E-state index contributed by atoms with van der Waals surface area (Å²) in [5.41, 5.74) is 0.451. The van der Waals surface area contributed by atoms with Crippen molar-refractivity contribution in [3.05, 3.63) is 71.8 Å². The van der Waals surface area contributed by atoms with Crippen LogP contribution in [0.15, 0.2) is 65.7 Å². The van der Waals surface area contributed by atoms with Gasteiger partial charge in [-0.2, -0.15) is 0 Å². The van der Waals surface area contributed by atoms with Crippen LogP contribution in [-0.4, -0.2) is 24.3 Å². The van der Waals surface area contributed by atoms with Gasteiger partial charge in [-0.3, -0.25) is 4.79 Å². The van der Waals surface area contributed by atoms with Crippen LogP contribution in [-0.2, 0) is 10.2 Å². The SMILES string of the molecule is C=NCC(CC)C(C(=O)O)(c1ccccc1)c1ccccc1. The topological polar surface area (TPSA) is 49.7 Å². The van der Waals surface area contributed by atoms with E-state index < -0.39 is 11.4 Å². The molecule has 2 aromatic carbocycles. The molecule has 3 heteroatoms. The molecule has 0 aliphatic rings. The van der Waals surface area contributed by atoms with Crippen molar-refractivity contribution >= 4 is 12.7 Å². The molecule has 1 N–H and O–H groups in total. The molecule has 1 atom stereocenters. The quantitative estimate of drug-likeness (QED) is 0.790. The summed E-state index contributed by atoms with van der Waals surface area (Å²) in [5, 5.41) is 10.2. The first-order chi connectivity index (χ1) is 10.7. The minimum absolute atomic E-state index is 0.160. The summed E-state index contributed by atoms with van der Waals surface area (Å²) in [5.74, 6) is -1.01. The zero-order valence-electron chi connectivity index (χ0n) is 12.8. The molecule has 0 amide bonds. The molecule has 0 aromatic heterocycles. The van der Waals surface area contributed by atoms with Gasteiger partial charge < -0.3 is 10.1 Å². The molecule has 3 nitrogen and oxygen atoms in total. The molecular formula is C19H21NO2. The zero-order valence-corrected chi connectivity index (χ0v) is 12.8. The summed E-state index contributed by atoms with van der Waals surface area (Å²) < 4.78 is 0. The number of nitrogens with zero attached hydrogens (tertiary/aromatic N) is 1. The van der Waals surface area contributed by atoms with Crippen LogP contribution in [0.25, 0.3) is 0 Å². The summed E-state index contributed by atoms with van der Waals surface area (Å²) in [7, 11) is 0. The van der Waals surface area contributed by atoms with Gasteiger partial charge in [0, 0.05) is 12.5 Å². The fourth-order valence-electron chi connectivity index (χ4n) is 3.19. The Kier molecular flexibility index (Phi) is 5.10. The lowest BCUT2D eigenvalue weighted by Gasteiger charge is -2.37. The van der Waals surface area contributed by atoms with Gasteiger partial charge in [-0.15, -0.1) is 0 Å². The van der Waals surface area contributed by atoms with Crippen LogP contribution < -0.4 is 0 Å². The first kappa shape index (κ1) is 16.0. The van der Waals surface area contributed by atoms with Crippen molar-refractivity contribution in [2.24, 2.45) is 10.9 Å². The number of rotatable bonds is 7. The van der Waals surface area contributed by atoms with Crippen LogP contribution >= 0.6 is 0 Å². The molecular weight excluding hydrogens is 274 g/mol. The first-order valence-electron chi connectivity index (χ1n) is 7.44. The fourth-order valence-corrected chi connectivity index (χ4v) is 3.19. The number of carbonyl (C=O) groups is 1. The van der Waals surface area contributed by atoms with E-state index in [1.807, 2.05) is 67.6 Å². The Hall–Kier alpha value is -2.42. The molecule has 0 aliphatic carbocycles. The number of aliphatic imine (C=N–C) groups is 1. The van der Waals surface area contributed by atoms with Crippen molar-refractivity contribution in [3.8, 4) is 0 Å². The monoisotopic (exact) mass is 295 g/mol. The zero-order chi connectivity index (χ0) is 16.0. The van der Waals surface area contributed by atoms with Gasteiger partial charge in [0.2, 0.25) is 0 Å². The van der Waals surface area contributed by atoms with Gasteiger partial charge in [0.25, 0.3) is 0 Å². The summed E-state index contributed by atoms with van der Waals surface area (Å²) in [6, 6.07) is 18.8. The summed E-state index contributed by atoms with van der Waals surface area (Å²) >= 11 is 0. The third-order valence-electron chi connectivity index (χ3n) is 4.25. The Morgan fingerprint density at radius 1 is 1.09 bits per heavy atom. The second-order valence-corrected chi connectivity index (χ2v) is 5.36. The molecule has 0 spiro atoms. The molecule has 2 rings (SSSR count). The van der Waals surface area contributed by atoms with Crippen molar-refractivity contribution in [3.63, 3.8) is 0 Å². The van der Waals surface area contributed by atoms with E-state index in [2.05, 4.69) is 11.7 Å². The maximum Gasteiger partial charge on any atom is 0.319 e. The molecule has 0 radical (unpaired) electrons. The number of hydrogen-bond donors (Lipinski definition) is 1. The van der Waals surface area contributed by atoms with E-state index in [0.717, 1.165) is 11.1 Å². The highest BCUT2D eigenvalue weighted by Crippen LogP contribution is 2.41. The first-order valence-corrected chi connectivity index (χ1v) is 7.44. The predicted molar refractivity (Wildman–Crippen MR) is 89.5 cm³/mol.